The largest absolute Gasteiger partial charge is 0.444 e. The van der Waals surface area contributed by atoms with Crippen LogP contribution in [0.4, 0.5) is 10.7 Å². The minimum absolute atomic E-state index is 0.290. The van der Waals surface area contributed by atoms with Gasteiger partial charge in [-0.05, 0) is 70.3 Å². The molecular formula is C28H35Br2N5O3Si. The van der Waals surface area contributed by atoms with Crippen molar-refractivity contribution in [1.82, 2.24) is 19.5 Å². The Bertz CT molecular complexity index is 1460. The smallest absolute Gasteiger partial charge is 0.414 e. The number of nitrogens with zero attached hydrogens (tertiary/aromatic N) is 3. The third-order valence-corrected chi connectivity index (χ3v) is 9.38. The van der Waals surface area contributed by atoms with E-state index >= 15 is 0 Å². The lowest BCUT2D eigenvalue weighted by Gasteiger charge is -2.18. The van der Waals surface area contributed by atoms with Crippen LogP contribution in [0.15, 0.2) is 51.7 Å². The number of amides is 1. The summed E-state index contributed by atoms with van der Waals surface area (Å²) in [5.74, 6) is 0.290. The minimum atomic E-state index is -1.23. The number of ether oxygens (including phenoxy) is 2. The molecule has 0 bridgehead atoms. The first-order valence-corrected chi connectivity index (χ1v) is 18.1. The zero-order valence-corrected chi connectivity index (χ0v) is 27.4. The summed E-state index contributed by atoms with van der Waals surface area (Å²) in [6.45, 7) is 13.5. The van der Waals surface area contributed by atoms with Crippen LogP contribution in [-0.4, -0.2) is 45.9 Å². The van der Waals surface area contributed by atoms with Crippen molar-refractivity contribution in [3.8, 4) is 11.4 Å². The van der Waals surface area contributed by atoms with Gasteiger partial charge in [-0.2, -0.15) is 0 Å². The van der Waals surface area contributed by atoms with Crippen molar-refractivity contribution in [2.45, 2.75) is 65.2 Å². The van der Waals surface area contributed by atoms with Gasteiger partial charge in [-0.15, -0.1) is 0 Å². The first-order chi connectivity index (χ1) is 18.3. The van der Waals surface area contributed by atoms with Crippen LogP contribution in [0, 0.1) is 0 Å². The van der Waals surface area contributed by atoms with Crippen LogP contribution in [0.25, 0.3) is 22.4 Å². The fourth-order valence-electron chi connectivity index (χ4n) is 4.02. The second-order valence-electron chi connectivity index (χ2n) is 11.6. The average Bonchev–Trinajstić information content (AvgIpc) is 3.34. The topological polar surface area (TPSA) is 94.1 Å². The molecule has 1 amide bonds. The van der Waals surface area contributed by atoms with Gasteiger partial charge in [0.25, 0.3) is 0 Å². The van der Waals surface area contributed by atoms with E-state index in [4.69, 9.17) is 14.5 Å². The Kier molecular flexibility index (Phi) is 9.04. The summed E-state index contributed by atoms with van der Waals surface area (Å²) in [7, 11) is -1.23. The van der Waals surface area contributed by atoms with E-state index in [0.717, 1.165) is 38.3 Å². The fourth-order valence-corrected chi connectivity index (χ4v) is 6.39. The van der Waals surface area contributed by atoms with Crippen LogP contribution in [-0.2, 0) is 22.6 Å². The number of benzene rings is 1. The number of carbonyl (C=O) groups is 1. The van der Waals surface area contributed by atoms with Gasteiger partial charge in [-0.3, -0.25) is 10.3 Å². The Balaban J connectivity index is 1.74. The molecule has 4 aromatic rings. The van der Waals surface area contributed by atoms with E-state index in [1.165, 1.54) is 5.56 Å². The SMILES string of the molecule is CC(C)(C)OC(=O)Nc1nc2c(-c3c(Br)c(Cc4ccccc4)c(Br)n3COCC[Si](C)(C)C)nccc2[nH]1. The second-order valence-corrected chi connectivity index (χ2v) is 18.8. The minimum Gasteiger partial charge on any atom is -0.444 e. The highest BCUT2D eigenvalue weighted by Crippen LogP contribution is 2.41. The molecule has 0 radical (unpaired) electrons. The molecule has 208 valence electrons. The van der Waals surface area contributed by atoms with Gasteiger partial charge < -0.3 is 19.0 Å². The van der Waals surface area contributed by atoms with Crippen LogP contribution in [0.5, 0.6) is 0 Å². The first kappa shape index (κ1) is 29.5. The number of pyridine rings is 1. The van der Waals surface area contributed by atoms with Crippen molar-refractivity contribution in [2.75, 3.05) is 11.9 Å². The van der Waals surface area contributed by atoms with Crippen molar-refractivity contribution >= 4 is 63.0 Å². The number of hydrogen-bond donors (Lipinski definition) is 2. The number of H-pyrrole nitrogens is 1. The highest BCUT2D eigenvalue weighted by molar-refractivity contribution is 9.11. The number of aromatic nitrogens is 4. The van der Waals surface area contributed by atoms with Crippen molar-refractivity contribution in [3.05, 3.63) is 62.8 Å². The number of halogens is 2. The van der Waals surface area contributed by atoms with E-state index < -0.39 is 19.8 Å². The molecule has 1 aromatic carbocycles. The molecule has 4 rings (SSSR count). The van der Waals surface area contributed by atoms with Crippen molar-refractivity contribution in [2.24, 2.45) is 0 Å². The Hall–Kier alpha value is -2.47. The number of nitrogens with one attached hydrogen (secondary N) is 2. The van der Waals surface area contributed by atoms with Crippen LogP contribution < -0.4 is 5.32 Å². The molecule has 8 nitrogen and oxygen atoms in total. The van der Waals surface area contributed by atoms with E-state index in [2.05, 4.69) is 83.5 Å². The second kappa shape index (κ2) is 12.0. The zero-order chi connectivity index (χ0) is 28.4. The maximum Gasteiger partial charge on any atom is 0.414 e. The highest BCUT2D eigenvalue weighted by atomic mass is 79.9. The highest BCUT2D eigenvalue weighted by Gasteiger charge is 2.25. The molecule has 0 fully saturated rings. The van der Waals surface area contributed by atoms with E-state index in [1.54, 1.807) is 6.20 Å². The molecule has 2 N–H and O–H groups in total. The third-order valence-electron chi connectivity index (χ3n) is 5.91. The molecule has 0 aliphatic rings. The quantitative estimate of drug-likeness (QED) is 0.138. The van der Waals surface area contributed by atoms with Crippen LogP contribution in [0.3, 0.4) is 0 Å². The Morgan fingerprint density at radius 3 is 2.51 bits per heavy atom. The lowest BCUT2D eigenvalue weighted by atomic mass is 10.1. The maximum atomic E-state index is 12.4. The molecule has 0 unspecified atom stereocenters. The van der Waals surface area contributed by atoms with E-state index in [1.807, 2.05) is 45.0 Å². The van der Waals surface area contributed by atoms with Crippen molar-refractivity contribution in [1.29, 1.82) is 0 Å². The van der Waals surface area contributed by atoms with Gasteiger partial charge in [0.1, 0.15) is 23.5 Å². The normalized spacial score (nSPS) is 12.2. The predicted molar refractivity (Wildman–Crippen MR) is 166 cm³/mol. The van der Waals surface area contributed by atoms with Gasteiger partial charge >= 0.3 is 6.09 Å². The number of hydrogen-bond acceptors (Lipinski definition) is 5. The van der Waals surface area contributed by atoms with E-state index in [0.29, 0.717) is 24.5 Å². The molecule has 0 aliphatic carbocycles. The summed E-state index contributed by atoms with van der Waals surface area (Å²) in [6.07, 6.45) is 1.87. The Morgan fingerprint density at radius 1 is 1.13 bits per heavy atom. The lowest BCUT2D eigenvalue weighted by Crippen LogP contribution is -2.27. The van der Waals surface area contributed by atoms with E-state index in [9.17, 15) is 4.79 Å². The summed E-state index contributed by atoms with van der Waals surface area (Å²) in [4.78, 5) is 24.9. The number of fused-ring (bicyclic) bond motifs is 1. The summed E-state index contributed by atoms with van der Waals surface area (Å²) >= 11 is 7.75. The van der Waals surface area contributed by atoms with Gasteiger partial charge in [0, 0.05) is 37.3 Å². The predicted octanol–water partition coefficient (Wildman–Crippen LogP) is 8.20. The van der Waals surface area contributed by atoms with Gasteiger partial charge in [0.15, 0.2) is 0 Å². The Morgan fingerprint density at radius 2 is 1.85 bits per heavy atom. The van der Waals surface area contributed by atoms with Gasteiger partial charge in [0.05, 0.1) is 15.8 Å². The molecule has 11 heteroatoms. The number of aromatic amines is 1. The number of anilines is 1. The standard InChI is InChI=1S/C28H35Br2N5O3Si/c1-28(2,3)38-27(36)34-26-32-20-12-13-31-23(22(20)33-26)24-21(29)19(16-18-10-8-7-9-11-18)25(30)35(24)17-37-14-15-39(4,5)6/h7-13H,14-17H2,1-6H3,(H2,32,33,34,36). The Labute approximate surface area is 247 Å². The lowest BCUT2D eigenvalue weighted by molar-refractivity contribution is 0.0635. The number of carbonyl (C=O) groups excluding carboxylic acids is 1. The molecule has 0 saturated carbocycles. The molecular weight excluding hydrogens is 642 g/mol. The zero-order valence-electron chi connectivity index (χ0n) is 23.2. The molecule has 3 heterocycles. The third kappa shape index (κ3) is 7.59. The van der Waals surface area contributed by atoms with Crippen molar-refractivity contribution < 1.29 is 14.3 Å². The van der Waals surface area contributed by atoms with Gasteiger partial charge in [-0.1, -0.05) is 50.0 Å². The molecule has 3 aromatic heterocycles. The molecule has 0 aliphatic heterocycles. The summed E-state index contributed by atoms with van der Waals surface area (Å²) < 4.78 is 15.5. The summed E-state index contributed by atoms with van der Waals surface area (Å²) in [5.41, 5.74) is 4.55. The van der Waals surface area contributed by atoms with Gasteiger partial charge in [-0.25, -0.2) is 9.78 Å². The summed E-state index contributed by atoms with van der Waals surface area (Å²) in [6, 6.07) is 13.2. The maximum absolute atomic E-state index is 12.4. The van der Waals surface area contributed by atoms with Crippen LogP contribution in [0.1, 0.15) is 31.9 Å². The van der Waals surface area contributed by atoms with Gasteiger partial charge in [0.2, 0.25) is 5.95 Å². The fraction of sp³-hybridized carbons (Fsp3) is 0.393. The average molecular weight is 678 g/mol. The molecule has 39 heavy (non-hydrogen) atoms. The molecule has 0 atom stereocenters. The van der Waals surface area contributed by atoms with Crippen molar-refractivity contribution in [3.63, 3.8) is 0 Å². The molecule has 0 spiro atoms. The first-order valence-electron chi connectivity index (χ1n) is 12.9. The molecule has 0 saturated heterocycles. The van der Waals surface area contributed by atoms with Crippen LogP contribution in [0.2, 0.25) is 25.7 Å². The van der Waals surface area contributed by atoms with Crippen LogP contribution >= 0.6 is 31.9 Å². The summed E-state index contributed by atoms with van der Waals surface area (Å²) in [5, 5.41) is 2.70. The van der Waals surface area contributed by atoms with E-state index in [-0.39, 0.29) is 5.95 Å². The number of imidazole rings is 1. The number of rotatable bonds is 9. The monoisotopic (exact) mass is 675 g/mol.